The van der Waals surface area contributed by atoms with Crippen LogP contribution < -0.4 is 5.32 Å². The molecule has 2 atom stereocenters. The van der Waals surface area contributed by atoms with Gasteiger partial charge in [0.2, 0.25) is 5.91 Å². The Morgan fingerprint density at radius 2 is 1.81 bits per heavy atom. The van der Waals surface area contributed by atoms with Crippen LogP contribution in [0.2, 0.25) is 0 Å². The van der Waals surface area contributed by atoms with Gasteiger partial charge in [-0.15, -0.1) is 23.1 Å². The molecule has 0 saturated heterocycles. The largest absolute Gasteiger partial charge is 0.343 e. The fourth-order valence-corrected chi connectivity index (χ4v) is 4.22. The first-order chi connectivity index (χ1) is 12.6. The van der Waals surface area contributed by atoms with Crippen molar-refractivity contribution < 1.29 is 9.18 Å². The van der Waals surface area contributed by atoms with Crippen LogP contribution in [0.1, 0.15) is 29.0 Å². The molecule has 1 aromatic heterocycles. The lowest BCUT2D eigenvalue weighted by Gasteiger charge is -2.20. The Hall–Kier alpha value is -2.11. The van der Waals surface area contributed by atoms with E-state index in [1.54, 1.807) is 35.2 Å². The molecule has 3 rings (SSSR count). The number of benzene rings is 2. The second kappa shape index (κ2) is 9.01. The molecule has 0 radical (unpaired) electrons. The molecule has 2 aromatic carbocycles. The Morgan fingerprint density at radius 3 is 2.46 bits per heavy atom. The van der Waals surface area contributed by atoms with Gasteiger partial charge in [0, 0.05) is 10.6 Å². The fourth-order valence-electron chi connectivity index (χ4n) is 2.56. The molecule has 3 aromatic rings. The van der Waals surface area contributed by atoms with Gasteiger partial charge in [0.1, 0.15) is 5.82 Å². The van der Waals surface area contributed by atoms with Crippen LogP contribution >= 0.6 is 23.1 Å². The zero-order chi connectivity index (χ0) is 18.4. The van der Waals surface area contributed by atoms with Gasteiger partial charge in [-0.3, -0.25) is 4.79 Å². The molecule has 0 fully saturated rings. The molecule has 1 N–H and O–H groups in total. The van der Waals surface area contributed by atoms with Gasteiger partial charge in [-0.2, -0.15) is 0 Å². The molecule has 26 heavy (non-hydrogen) atoms. The number of thioether (sulfide) groups is 1. The van der Waals surface area contributed by atoms with Crippen LogP contribution in [0.3, 0.4) is 0 Å². The number of halogens is 1. The van der Waals surface area contributed by atoms with E-state index < -0.39 is 0 Å². The predicted octanol–water partition coefficient (Wildman–Crippen LogP) is 5.41. The van der Waals surface area contributed by atoms with Crippen molar-refractivity contribution in [1.29, 1.82) is 0 Å². The predicted molar refractivity (Wildman–Crippen MR) is 108 cm³/mol. The van der Waals surface area contributed by atoms with Crippen molar-refractivity contribution in [3.8, 4) is 0 Å². The van der Waals surface area contributed by atoms with E-state index >= 15 is 0 Å². The van der Waals surface area contributed by atoms with E-state index in [2.05, 4.69) is 17.4 Å². The fraction of sp³-hybridized carbons (Fsp3) is 0.190. The van der Waals surface area contributed by atoms with Crippen LogP contribution in [0.15, 0.2) is 72.1 Å². The summed E-state index contributed by atoms with van der Waals surface area (Å²) < 4.78 is 13.3. The zero-order valence-corrected chi connectivity index (χ0v) is 16.0. The standard InChI is InChI=1S/C21H20FNOS2/c1-15(26-14-16-6-3-2-4-7-16)21(24)23-20(19-8-5-13-25-19)17-9-11-18(22)12-10-17/h2-13,15,20H,14H2,1H3,(H,23,24). The van der Waals surface area contributed by atoms with Gasteiger partial charge in [0.25, 0.3) is 0 Å². The number of hydrogen-bond donors (Lipinski definition) is 1. The van der Waals surface area contributed by atoms with Crippen LogP contribution in [0, 0.1) is 5.82 Å². The maximum absolute atomic E-state index is 13.3. The van der Waals surface area contributed by atoms with Crippen LogP contribution in [0.5, 0.6) is 0 Å². The second-order valence-corrected chi connectivity index (χ2v) is 8.26. The minimum absolute atomic E-state index is 0.0198. The number of carbonyl (C=O) groups is 1. The third kappa shape index (κ3) is 4.96. The highest BCUT2D eigenvalue weighted by Gasteiger charge is 2.21. The normalized spacial score (nSPS) is 13.2. The van der Waals surface area contributed by atoms with Crippen LogP contribution in [0.25, 0.3) is 0 Å². The zero-order valence-electron chi connectivity index (χ0n) is 14.4. The van der Waals surface area contributed by atoms with Gasteiger partial charge in [0.05, 0.1) is 11.3 Å². The molecule has 0 aliphatic rings. The highest BCUT2D eigenvalue weighted by molar-refractivity contribution is 7.99. The van der Waals surface area contributed by atoms with Crippen LogP contribution in [0.4, 0.5) is 4.39 Å². The van der Waals surface area contributed by atoms with E-state index in [9.17, 15) is 9.18 Å². The van der Waals surface area contributed by atoms with Gasteiger partial charge in [-0.05, 0) is 41.6 Å². The lowest BCUT2D eigenvalue weighted by molar-refractivity contribution is -0.120. The summed E-state index contributed by atoms with van der Waals surface area (Å²) in [6.45, 7) is 1.92. The highest BCUT2D eigenvalue weighted by Crippen LogP contribution is 2.27. The maximum Gasteiger partial charge on any atom is 0.233 e. The third-order valence-corrected chi connectivity index (χ3v) is 6.18. The van der Waals surface area contributed by atoms with Gasteiger partial charge in [-0.25, -0.2) is 4.39 Å². The average molecular weight is 386 g/mol. The molecule has 0 saturated carbocycles. The van der Waals surface area contributed by atoms with Crippen molar-refractivity contribution in [2.24, 2.45) is 0 Å². The Bertz CT molecular complexity index is 819. The molecule has 2 nitrogen and oxygen atoms in total. The van der Waals surface area contributed by atoms with Gasteiger partial charge in [-0.1, -0.05) is 48.5 Å². The summed E-state index contributed by atoms with van der Waals surface area (Å²) in [4.78, 5) is 13.7. The Balaban J connectivity index is 1.68. The van der Waals surface area contributed by atoms with Crippen molar-refractivity contribution in [1.82, 2.24) is 5.32 Å². The monoisotopic (exact) mass is 385 g/mol. The molecule has 5 heteroatoms. The first kappa shape index (κ1) is 18.7. The summed E-state index contributed by atoms with van der Waals surface area (Å²) in [6.07, 6.45) is 0. The van der Waals surface area contributed by atoms with E-state index in [4.69, 9.17) is 0 Å². The molecule has 134 valence electrons. The van der Waals surface area contributed by atoms with Crippen molar-refractivity contribution in [2.75, 3.05) is 0 Å². The SMILES string of the molecule is CC(SCc1ccccc1)C(=O)NC(c1ccc(F)cc1)c1cccs1. The van der Waals surface area contributed by atoms with E-state index in [1.165, 1.54) is 17.7 Å². The molecule has 0 aliphatic heterocycles. The van der Waals surface area contributed by atoms with Gasteiger partial charge < -0.3 is 5.32 Å². The molecular formula is C21H20FNOS2. The van der Waals surface area contributed by atoms with Gasteiger partial charge in [0.15, 0.2) is 0 Å². The van der Waals surface area contributed by atoms with Crippen LogP contribution in [-0.2, 0) is 10.5 Å². The molecule has 2 unspecified atom stereocenters. The number of carbonyl (C=O) groups excluding carboxylic acids is 1. The third-order valence-electron chi connectivity index (χ3n) is 4.03. The van der Waals surface area contributed by atoms with Crippen molar-refractivity contribution in [2.45, 2.75) is 24.0 Å². The first-order valence-electron chi connectivity index (χ1n) is 8.38. The quantitative estimate of drug-likeness (QED) is 0.589. The molecule has 1 amide bonds. The Labute approximate surface area is 161 Å². The topological polar surface area (TPSA) is 29.1 Å². The number of amides is 1. The summed E-state index contributed by atoms with van der Waals surface area (Å²) in [7, 11) is 0. The highest BCUT2D eigenvalue weighted by atomic mass is 32.2. The summed E-state index contributed by atoms with van der Waals surface area (Å²) in [6, 6.07) is 20.1. The molecular weight excluding hydrogens is 365 g/mol. The summed E-state index contributed by atoms with van der Waals surface area (Å²) in [5.41, 5.74) is 2.08. The van der Waals surface area contributed by atoms with E-state index in [-0.39, 0.29) is 23.0 Å². The Kier molecular flexibility index (Phi) is 6.47. The average Bonchev–Trinajstić information content (AvgIpc) is 3.20. The van der Waals surface area contributed by atoms with Crippen molar-refractivity contribution >= 4 is 29.0 Å². The lowest BCUT2D eigenvalue weighted by Crippen LogP contribution is -2.34. The molecule has 1 heterocycles. The van der Waals surface area contributed by atoms with E-state index in [1.807, 2.05) is 42.6 Å². The van der Waals surface area contributed by atoms with Crippen molar-refractivity contribution in [3.63, 3.8) is 0 Å². The molecule has 0 bridgehead atoms. The maximum atomic E-state index is 13.3. The summed E-state index contributed by atoms with van der Waals surface area (Å²) in [5.74, 6) is 0.487. The molecule has 0 spiro atoms. The second-order valence-electron chi connectivity index (χ2n) is 5.95. The minimum atomic E-state index is -0.281. The lowest BCUT2D eigenvalue weighted by atomic mass is 10.1. The smallest absolute Gasteiger partial charge is 0.233 e. The number of thiophene rings is 1. The van der Waals surface area contributed by atoms with E-state index in [0.717, 1.165) is 16.2 Å². The number of nitrogens with one attached hydrogen (secondary N) is 1. The summed E-state index contributed by atoms with van der Waals surface area (Å²) in [5, 5.41) is 4.91. The Morgan fingerprint density at radius 1 is 1.08 bits per heavy atom. The van der Waals surface area contributed by atoms with E-state index in [0.29, 0.717) is 0 Å². The minimum Gasteiger partial charge on any atom is -0.343 e. The number of hydrogen-bond acceptors (Lipinski definition) is 3. The molecule has 0 aliphatic carbocycles. The number of rotatable bonds is 7. The summed E-state index contributed by atoms with van der Waals surface area (Å²) >= 11 is 3.18. The first-order valence-corrected chi connectivity index (χ1v) is 10.3. The van der Waals surface area contributed by atoms with Crippen molar-refractivity contribution in [3.05, 3.63) is 93.9 Å². The van der Waals surface area contributed by atoms with Gasteiger partial charge >= 0.3 is 0 Å². The van der Waals surface area contributed by atoms with Crippen LogP contribution in [-0.4, -0.2) is 11.2 Å².